The molecule has 0 saturated carbocycles. The molecule has 0 aliphatic heterocycles. The molecule has 2 rings (SSSR count). The number of amides is 1. The molecule has 0 fully saturated rings. The molecule has 0 aliphatic carbocycles. The third kappa shape index (κ3) is 4.85. The highest BCUT2D eigenvalue weighted by atomic mass is 79.9. The SMILES string of the molecule is CSc1cccc(NC(=O)COC(=O)c2cncc(Br)c2)c1. The Bertz CT molecular complexity index is 694. The molecular weight excluding hydrogens is 368 g/mol. The van der Waals surface area contributed by atoms with Crippen LogP contribution < -0.4 is 5.32 Å². The average molecular weight is 381 g/mol. The van der Waals surface area contributed by atoms with Gasteiger partial charge in [0.05, 0.1) is 5.56 Å². The summed E-state index contributed by atoms with van der Waals surface area (Å²) >= 11 is 4.80. The maximum Gasteiger partial charge on any atom is 0.340 e. The predicted octanol–water partition coefficient (Wildman–Crippen LogP) is 3.36. The van der Waals surface area contributed by atoms with Crippen molar-refractivity contribution < 1.29 is 14.3 Å². The smallest absolute Gasteiger partial charge is 0.340 e. The quantitative estimate of drug-likeness (QED) is 0.636. The van der Waals surface area contributed by atoms with Gasteiger partial charge in [-0.25, -0.2) is 4.79 Å². The number of anilines is 1. The van der Waals surface area contributed by atoms with Crippen LogP contribution in [0.3, 0.4) is 0 Å². The Morgan fingerprint density at radius 2 is 2.14 bits per heavy atom. The molecule has 0 saturated heterocycles. The number of pyridine rings is 1. The zero-order valence-corrected chi connectivity index (χ0v) is 14.1. The summed E-state index contributed by atoms with van der Waals surface area (Å²) < 4.78 is 5.62. The van der Waals surface area contributed by atoms with E-state index >= 15 is 0 Å². The van der Waals surface area contributed by atoms with Gasteiger partial charge in [0, 0.05) is 27.4 Å². The van der Waals surface area contributed by atoms with Crippen molar-refractivity contribution in [3.63, 3.8) is 0 Å². The van der Waals surface area contributed by atoms with Crippen LogP contribution in [0, 0.1) is 0 Å². The summed E-state index contributed by atoms with van der Waals surface area (Å²) in [5.41, 5.74) is 0.948. The number of hydrogen-bond donors (Lipinski definition) is 1. The van der Waals surface area contributed by atoms with Crippen molar-refractivity contribution in [2.45, 2.75) is 4.90 Å². The van der Waals surface area contributed by atoms with Gasteiger partial charge in [-0.2, -0.15) is 0 Å². The van der Waals surface area contributed by atoms with Crippen LogP contribution in [0.5, 0.6) is 0 Å². The Balaban J connectivity index is 1.88. The number of aromatic nitrogens is 1. The topological polar surface area (TPSA) is 68.3 Å². The number of rotatable bonds is 5. The minimum absolute atomic E-state index is 0.284. The molecule has 1 amide bonds. The van der Waals surface area contributed by atoms with Crippen LogP contribution in [0.4, 0.5) is 5.69 Å². The molecule has 0 bridgehead atoms. The monoisotopic (exact) mass is 380 g/mol. The molecule has 7 heteroatoms. The Morgan fingerprint density at radius 1 is 1.32 bits per heavy atom. The van der Waals surface area contributed by atoms with Crippen LogP contribution in [-0.4, -0.2) is 29.7 Å². The number of hydrogen-bond acceptors (Lipinski definition) is 5. The van der Waals surface area contributed by atoms with E-state index in [2.05, 4.69) is 26.2 Å². The first-order valence-corrected chi connectivity index (χ1v) is 8.32. The summed E-state index contributed by atoms with van der Waals surface area (Å²) in [6.07, 6.45) is 4.89. The third-order valence-electron chi connectivity index (χ3n) is 2.63. The van der Waals surface area contributed by atoms with Crippen LogP contribution in [-0.2, 0) is 9.53 Å². The Hall–Kier alpha value is -1.86. The van der Waals surface area contributed by atoms with E-state index in [4.69, 9.17) is 4.74 Å². The molecule has 0 aliphatic rings. The fraction of sp³-hybridized carbons (Fsp3) is 0.133. The first-order valence-electron chi connectivity index (χ1n) is 6.30. The second kappa shape index (κ2) is 7.95. The first-order chi connectivity index (χ1) is 10.6. The van der Waals surface area contributed by atoms with E-state index in [0.717, 1.165) is 4.90 Å². The number of nitrogens with zero attached hydrogens (tertiary/aromatic N) is 1. The van der Waals surface area contributed by atoms with Gasteiger partial charge in [0.15, 0.2) is 6.61 Å². The summed E-state index contributed by atoms with van der Waals surface area (Å²) in [5.74, 6) is -0.989. The number of thioether (sulfide) groups is 1. The number of carbonyl (C=O) groups excluding carboxylic acids is 2. The second-order valence-electron chi connectivity index (χ2n) is 4.25. The van der Waals surface area contributed by atoms with Crippen molar-refractivity contribution in [1.82, 2.24) is 4.98 Å². The van der Waals surface area contributed by atoms with Gasteiger partial charge >= 0.3 is 5.97 Å². The molecule has 1 heterocycles. The van der Waals surface area contributed by atoms with Gasteiger partial charge < -0.3 is 10.1 Å². The van der Waals surface area contributed by atoms with E-state index in [1.165, 1.54) is 6.20 Å². The van der Waals surface area contributed by atoms with Crippen molar-refractivity contribution in [2.24, 2.45) is 0 Å². The molecule has 22 heavy (non-hydrogen) atoms. The number of benzene rings is 1. The fourth-order valence-electron chi connectivity index (χ4n) is 1.64. The van der Waals surface area contributed by atoms with Crippen LogP contribution >= 0.6 is 27.7 Å². The molecule has 1 aromatic carbocycles. The molecule has 0 atom stereocenters. The summed E-state index contributed by atoms with van der Waals surface area (Å²) in [5, 5.41) is 2.68. The van der Waals surface area contributed by atoms with E-state index in [-0.39, 0.29) is 12.2 Å². The number of esters is 1. The van der Waals surface area contributed by atoms with Gasteiger partial charge in [-0.05, 0) is 46.5 Å². The summed E-state index contributed by atoms with van der Waals surface area (Å²) in [7, 11) is 0. The van der Waals surface area contributed by atoms with Crippen molar-refractivity contribution in [2.75, 3.05) is 18.2 Å². The van der Waals surface area contributed by atoms with E-state index < -0.39 is 11.9 Å². The van der Waals surface area contributed by atoms with E-state index in [9.17, 15) is 9.59 Å². The molecule has 0 unspecified atom stereocenters. The molecule has 0 spiro atoms. The summed E-state index contributed by atoms with van der Waals surface area (Å²) in [4.78, 5) is 28.5. The van der Waals surface area contributed by atoms with Crippen molar-refractivity contribution in [1.29, 1.82) is 0 Å². The van der Waals surface area contributed by atoms with E-state index in [1.54, 1.807) is 30.1 Å². The highest BCUT2D eigenvalue weighted by Crippen LogP contribution is 2.18. The molecular formula is C15H13BrN2O3S. The molecule has 5 nitrogen and oxygen atoms in total. The van der Waals surface area contributed by atoms with Gasteiger partial charge in [-0.15, -0.1) is 11.8 Å². The number of carbonyl (C=O) groups is 2. The first kappa shape index (κ1) is 16.5. The lowest BCUT2D eigenvalue weighted by Gasteiger charge is -2.07. The summed E-state index contributed by atoms with van der Waals surface area (Å²) in [6, 6.07) is 9.00. The predicted molar refractivity (Wildman–Crippen MR) is 89.1 cm³/mol. The normalized spacial score (nSPS) is 10.1. The molecule has 2 aromatic rings. The van der Waals surface area contributed by atoms with Crippen molar-refractivity contribution >= 4 is 45.3 Å². The highest BCUT2D eigenvalue weighted by molar-refractivity contribution is 9.10. The lowest BCUT2D eigenvalue weighted by Crippen LogP contribution is -2.21. The Labute approximate surface area is 140 Å². The van der Waals surface area contributed by atoms with Gasteiger partial charge in [0.2, 0.25) is 0 Å². The van der Waals surface area contributed by atoms with Crippen molar-refractivity contribution in [3.05, 3.63) is 52.8 Å². The second-order valence-corrected chi connectivity index (χ2v) is 6.04. The molecule has 1 N–H and O–H groups in total. The van der Waals surface area contributed by atoms with Crippen LogP contribution in [0.15, 0.2) is 52.1 Å². The maximum absolute atomic E-state index is 11.8. The van der Waals surface area contributed by atoms with Gasteiger partial charge in [-0.1, -0.05) is 6.07 Å². The van der Waals surface area contributed by atoms with Crippen LogP contribution in [0.25, 0.3) is 0 Å². The Morgan fingerprint density at radius 3 is 2.86 bits per heavy atom. The average Bonchev–Trinajstić information content (AvgIpc) is 2.52. The molecule has 0 radical (unpaired) electrons. The standard InChI is InChI=1S/C15H13BrN2O3S/c1-22-13-4-2-3-12(6-13)18-14(19)9-21-15(20)10-5-11(16)8-17-7-10/h2-8H,9H2,1H3,(H,18,19). The minimum atomic E-state index is -0.596. The zero-order valence-electron chi connectivity index (χ0n) is 11.7. The lowest BCUT2D eigenvalue weighted by molar-refractivity contribution is -0.119. The zero-order chi connectivity index (χ0) is 15.9. The Kier molecular flexibility index (Phi) is 5.97. The number of ether oxygens (including phenoxy) is 1. The van der Waals surface area contributed by atoms with Gasteiger partial charge in [0.1, 0.15) is 0 Å². The third-order valence-corrected chi connectivity index (χ3v) is 3.79. The number of nitrogens with one attached hydrogen (secondary N) is 1. The molecule has 114 valence electrons. The number of halogens is 1. The largest absolute Gasteiger partial charge is 0.452 e. The van der Waals surface area contributed by atoms with Crippen LogP contribution in [0.1, 0.15) is 10.4 Å². The van der Waals surface area contributed by atoms with Crippen LogP contribution in [0.2, 0.25) is 0 Å². The highest BCUT2D eigenvalue weighted by Gasteiger charge is 2.11. The fourth-order valence-corrected chi connectivity index (χ4v) is 2.46. The van der Waals surface area contributed by atoms with Crippen molar-refractivity contribution in [3.8, 4) is 0 Å². The van der Waals surface area contributed by atoms with E-state index in [1.807, 2.05) is 24.5 Å². The minimum Gasteiger partial charge on any atom is -0.452 e. The van der Waals surface area contributed by atoms with Gasteiger partial charge in [0.25, 0.3) is 5.91 Å². The van der Waals surface area contributed by atoms with E-state index in [0.29, 0.717) is 10.2 Å². The summed E-state index contributed by atoms with van der Waals surface area (Å²) in [6.45, 7) is -0.352. The molecule has 1 aromatic heterocycles. The lowest BCUT2D eigenvalue weighted by atomic mass is 10.3. The van der Waals surface area contributed by atoms with Gasteiger partial charge in [-0.3, -0.25) is 9.78 Å². The maximum atomic E-state index is 11.8.